The average Bonchev–Trinajstić information content (AvgIpc) is 2.56. The van der Waals surface area contributed by atoms with Gasteiger partial charge in [-0.2, -0.15) is 0 Å². The van der Waals surface area contributed by atoms with Crippen LogP contribution in [0.25, 0.3) is 0 Å². The first-order chi connectivity index (χ1) is 5.86. The normalized spacial score (nSPS) is 23.8. The molecular formula is C10H22N2. The number of rotatable bonds is 5. The Morgan fingerprint density at radius 2 is 2.25 bits per heavy atom. The molecule has 1 saturated heterocycles. The van der Waals surface area contributed by atoms with E-state index in [9.17, 15) is 0 Å². The minimum absolute atomic E-state index is 0.775. The Balaban J connectivity index is 2.16. The second-order valence-electron chi connectivity index (χ2n) is 3.69. The van der Waals surface area contributed by atoms with Crippen molar-refractivity contribution in [2.45, 2.75) is 39.2 Å². The van der Waals surface area contributed by atoms with Gasteiger partial charge in [-0.05, 0) is 38.9 Å². The van der Waals surface area contributed by atoms with Crippen LogP contribution in [0, 0.1) is 0 Å². The smallest absolute Gasteiger partial charge is 0.0195 e. The van der Waals surface area contributed by atoms with Crippen molar-refractivity contribution in [1.82, 2.24) is 10.2 Å². The summed E-state index contributed by atoms with van der Waals surface area (Å²) in [6, 6.07) is 0.775. The fourth-order valence-electron chi connectivity index (χ4n) is 1.92. The third-order valence-corrected chi connectivity index (χ3v) is 2.63. The van der Waals surface area contributed by atoms with Gasteiger partial charge in [0.1, 0.15) is 0 Å². The van der Waals surface area contributed by atoms with Gasteiger partial charge in [0.2, 0.25) is 0 Å². The molecule has 1 unspecified atom stereocenters. The molecular weight excluding hydrogens is 148 g/mol. The summed E-state index contributed by atoms with van der Waals surface area (Å²) in [7, 11) is 0. The Labute approximate surface area is 76.3 Å². The van der Waals surface area contributed by atoms with Crippen LogP contribution in [0.1, 0.15) is 33.1 Å². The van der Waals surface area contributed by atoms with Gasteiger partial charge in [-0.25, -0.2) is 0 Å². The zero-order valence-corrected chi connectivity index (χ0v) is 8.47. The van der Waals surface area contributed by atoms with E-state index >= 15 is 0 Å². The third-order valence-electron chi connectivity index (χ3n) is 2.63. The van der Waals surface area contributed by atoms with E-state index in [1.165, 1.54) is 45.4 Å². The van der Waals surface area contributed by atoms with E-state index in [0.29, 0.717) is 0 Å². The second kappa shape index (κ2) is 5.55. The summed E-state index contributed by atoms with van der Waals surface area (Å²) in [5.74, 6) is 0. The highest BCUT2D eigenvalue weighted by atomic mass is 15.1. The van der Waals surface area contributed by atoms with Crippen molar-refractivity contribution < 1.29 is 0 Å². The zero-order chi connectivity index (χ0) is 8.81. The molecule has 1 fully saturated rings. The number of nitrogens with one attached hydrogen (secondary N) is 1. The molecule has 0 radical (unpaired) electrons. The molecule has 0 aliphatic carbocycles. The molecule has 2 nitrogen and oxygen atoms in total. The first-order valence-electron chi connectivity index (χ1n) is 5.32. The molecule has 0 saturated carbocycles. The summed E-state index contributed by atoms with van der Waals surface area (Å²) in [6.45, 7) is 9.45. The maximum absolute atomic E-state index is 3.54. The lowest BCUT2D eigenvalue weighted by atomic mass is 10.2. The number of hydrogen-bond acceptors (Lipinski definition) is 2. The Kier molecular flexibility index (Phi) is 4.62. The highest BCUT2D eigenvalue weighted by Crippen LogP contribution is 2.06. The predicted octanol–water partition coefficient (Wildman–Crippen LogP) is 1.47. The standard InChI is InChI=1S/C10H22N2/c1-3-8-12(4-2)9-10-6-5-7-11-10/h10-11H,3-9H2,1-2H3. The highest BCUT2D eigenvalue weighted by Gasteiger charge is 2.15. The van der Waals surface area contributed by atoms with Crippen molar-refractivity contribution in [2.24, 2.45) is 0 Å². The van der Waals surface area contributed by atoms with Gasteiger partial charge in [0.25, 0.3) is 0 Å². The fourth-order valence-corrected chi connectivity index (χ4v) is 1.92. The zero-order valence-electron chi connectivity index (χ0n) is 8.47. The SMILES string of the molecule is CCCN(CC)CC1CCCN1. The van der Waals surface area contributed by atoms with Gasteiger partial charge in [0.05, 0.1) is 0 Å². The molecule has 72 valence electrons. The summed E-state index contributed by atoms with van der Waals surface area (Å²) < 4.78 is 0. The number of hydrogen-bond donors (Lipinski definition) is 1. The first-order valence-corrected chi connectivity index (χ1v) is 5.32. The first kappa shape index (κ1) is 10.0. The van der Waals surface area contributed by atoms with Crippen molar-refractivity contribution in [3.63, 3.8) is 0 Å². The van der Waals surface area contributed by atoms with Crippen LogP contribution < -0.4 is 5.32 Å². The quantitative estimate of drug-likeness (QED) is 0.672. The Hall–Kier alpha value is -0.0800. The van der Waals surface area contributed by atoms with Gasteiger partial charge in [0.15, 0.2) is 0 Å². The van der Waals surface area contributed by atoms with Crippen LogP contribution in [-0.2, 0) is 0 Å². The molecule has 1 heterocycles. The van der Waals surface area contributed by atoms with E-state index in [1.54, 1.807) is 0 Å². The third kappa shape index (κ3) is 3.11. The molecule has 1 N–H and O–H groups in total. The van der Waals surface area contributed by atoms with E-state index in [0.717, 1.165) is 6.04 Å². The summed E-state index contributed by atoms with van der Waals surface area (Å²) in [4.78, 5) is 2.54. The summed E-state index contributed by atoms with van der Waals surface area (Å²) >= 11 is 0. The molecule has 1 aliphatic heterocycles. The molecule has 0 aromatic heterocycles. The van der Waals surface area contributed by atoms with Crippen LogP contribution in [0.5, 0.6) is 0 Å². The van der Waals surface area contributed by atoms with E-state index in [2.05, 4.69) is 24.1 Å². The maximum atomic E-state index is 3.54. The van der Waals surface area contributed by atoms with Crippen molar-refractivity contribution >= 4 is 0 Å². The van der Waals surface area contributed by atoms with Gasteiger partial charge < -0.3 is 10.2 Å². The van der Waals surface area contributed by atoms with Crippen LogP contribution in [-0.4, -0.2) is 37.1 Å². The van der Waals surface area contributed by atoms with Crippen LogP contribution >= 0.6 is 0 Å². The molecule has 0 amide bonds. The molecule has 0 aromatic carbocycles. The largest absolute Gasteiger partial charge is 0.313 e. The molecule has 1 aliphatic rings. The van der Waals surface area contributed by atoms with Crippen molar-refractivity contribution in [1.29, 1.82) is 0 Å². The van der Waals surface area contributed by atoms with E-state index < -0.39 is 0 Å². The molecule has 0 bridgehead atoms. The van der Waals surface area contributed by atoms with Gasteiger partial charge in [-0.15, -0.1) is 0 Å². The minimum Gasteiger partial charge on any atom is -0.313 e. The Morgan fingerprint density at radius 1 is 1.42 bits per heavy atom. The molecule has 1 atom stereocenters. The van der Waals surface area contributed by atoms with E-state index in [-0.39, 0.29) is 0 Å². The lowest BCUT2D eigenvalue weighted by molar-refractivity contribution is 0.262. The summed E-state index contributed by atoms with van der Waals surface area (Å²) in [6.07, 6.45) is 4.02. The lowest BCUT2D eigenvalue weighted by Crippen LogP contribution is -2.37. The molecule has 0 spiro atoms. The average molecular weight is 170 g/mol. The van der Waals surface area contributed by atoms with Crippen LogP contribution in [0.2, 0.25) is 0 Å². The summed E-state index contributed by atoms with van der Waals surface area (Å²) in [5.41, 5.74) is 0. The second-order valence-corrected chi connectivity index (χ2v) is 3.69. The predicted molar refractivity (Wildman–Crippen MR) is 53.4 cm³/mol. The van der Waals surface area contributed by atoms with Gasteiger partial charge in [-0.1, -0.05) is 13.8 Å². The van der Waals surface area contributed by atoms with Crippen LogP contribution in [0.3, 0.4) is 0 Å². The monoisotopic (exact) mass is 170 g/mol. The molecule has 1 rings (SSSR count). The van der Waals surface area contributed by atoms with Crippen molar-refractivity contribution in [3.8, 4) is 0 Å². The van der Waals surface area contributed by atoms with E-state index in [4.69, 9.17) is 0 Å². The Morgan fingerprint density at radius 3 is 2.75 bits per heavy atom. The van der Waals surface area contributed by atoms with E-state index in [1.807, 2.05) is 0 Å². The van der Waals surface area contributed by atoms with Gasteiger partial charge >= 0.3 is 0 Å². The number of nitrogens with zero attached hydrogens (tertiary/aromatic N) is 1. The molecule has 12 heavy (non-hydrogen) atoms. The molecule has 0 aromatic rings. The maximum Gasteiger partial charge on any atom is 0.0195 e. The van der Waals surface area contributed by atoms with Gasteiger partial charge in [-0.3, -0.25) is 0 Å². The van der Waals surface area contributed by atoms with Crippen molar-refractivity contribution in [3.05, 3.63) is 0 Å². The topological polar surface area (TPSA) is 15.3 Å². The van der Waals surface area contributed by atoms with Crippen LogP contribution in [0.4, 0.5) is 0 Å². The highest BCUT2D eigenvalue weighted by molar-refractivity contribution is 4.77. The number of likely N-dealkylation sites (N-methyl/N-ethyl adjacent to an activating group) is 1. The molecule has 2 heteroatoms. The fraction of sp³-hybridized carbons (Fsp3) is 1.00. The minimum atomic E-state index is 0.775. The lowest BCUT2D eigenvalue weighted by Gasteiger charge is -2.23. The van der Waals surface area contributed by atoms with Crippen molar-refractivity contribution in [2.75, 3.05) is 26.2 Å². The summed E-state index contributed by atoms with van der Waals surface area (Å²) in [5, 5.41) is 3.54. The Bertz CT molecular complexity index is 108. The van der Waals surface area contributed by atoms with Crippen LogP contribution in [0.15, 0.2) is 0 Å². The van der Waals surface area contributed by atoms with Gasteiger partial charge in [0, 0.05) is 12.6 Å².